The average molecular weight is 360 g/mol. The van der Waals surface area contributed by atoms with Crippen LogP contribution in [0.4, 0.5) is 9.59 Å². The molecule has 2 amide bonds. The van der Waals surface area contributed by atoms with Crippen LogP contribution in [0.25, 0.3) is 0 Å². The molecule has 4 N–H and O–H groups in total. The molecule has 0 fully saturated rings. The molecule has 25 heavy (non-hydrogen) atoms. The lowest BCUT2D eigenvalue weighted by molar-refractivity contribution is 0.101. The van der Waals surface area contributed by atoms with Gasteiger partial charge in [0.15, 0.2) is 0 Å². The molecule has 0 saturated carbocycles. The Kier molecular flexibility index (Phi) is 10.5. The Bertz CT molecular complexity index is 368. The monoisotopic (exact) mass is 360 g/mol. The van der Waals surface area contributed by atoms with E-state index in [1.807, 2.05) is 41.5 Å². The van der Waals surface area contributed by atoms with E-state index in [9.17, 15) is 9.59 Å². The Morgan fingerprint density at radius 3 is 1.56 bits per heavy atom. The maximum atomic E-state index is 11.6. The molecule has 0 unspecified atom stereocenters. The van der Waals surface area contributed by atoms with Gasteiger partial charge in [-0.15, -0.1) is 0 Å². The average Bonchev–Trinajstić information content (AvgIpc) is 2.40. The molecule has 0 aromatic heterocycles. The summed E-state index contributed by atoms with van der Waals surface area (Å²) in [5, 5.41) is 5.48. The van der Waals surface area contributed by atoms with Crippen molar-refractivity contribution in [2.45, 2.75) is 59.0 Å². The minimum absolute atomic E-state index is 0.265. The first kappa shape index (κ1) is 23.5. The number of ether oxygens (including phenoxy) is 2. The summed E-state index contributed by atoms with van der Waals surface area (Å²) < 4.78 is 10.4. The van der Waals surface area contributed by atoms with Crippen LogP contribution in [-0.4, -0.2) is 67.6 Å². The zero-order valence-corrected chi connectivity index (χ0v) is 16.6. The quantitative estimate of drug-likeness (QED) is 0.578. The van der Waals surface area contributed by atoms with Crippen molar-refractivity contribution in [3.8, 4) is 0 Å². The van der Waals surface area contributed by atoms with Crippen molar-refractivity contribution in [3.63, 3.8) is 0 Å². The topological polar surface area (TPSA) is 106 Å². The van der Waals surface area contributed by atoms with Crippen LogP contribution < -0.4 is 16.4 Å². The number of nitrogens with one attached hydrogen (secondary N) is 2. The van der Waals surface area contributed by atoms with Crippen molar-refractivity contribution in [1.29, 1.82) is 0 Å². The molecule has 0 aromatic carbocycles. The SMILES string of the molecule is CC(C)(C)NC(=O)OCCN(CCCN)CCOC(=O)NC(C)(C)C. The Morgan fingerprint density at radius 2 is 1.24 bits per heavy atom. The highest BCUT2D eigenvalue weighted by molar-refractivity contribution is 5.68. The summed E-state index contributed by atoms with van der Waals surface area (Å²) >= 11 is 0. The number of alkyl carbamates (subject to hydrolysis) is 2. The van der Waals surface area contributed by atoms with Gasteiger partial charge < -0.3 is 25.8 Å². The van der Waals surface area contributed by atoms with Gasteiger partial charge in [0.2, 0.25) is 0 Å². The molecule has 0 aliphatic carbocycles. The van der Waals surface area contributed by atoms with Gasteiger partial charge in [-0.3, -0.25) is 4.90 Å². The molecular weight excluding hydrogens is 324 g/mol. The minimum atomic E-state index is -0.438. The highest BCUT2D eigenvalue weighted by atomic mass is 16.6. The number of nitrogens with zero attached hydrogens (tertiary/aromatic N) is 1. The first-order chi connectivity index (χ1) is 11.4. The second-order valence-electron chi connectivity index (χ2n) is 8.01. The van der Waals surface area contributed by atoms with Gasteiger partial charge in [0, 0.05) is 24.2 Å². The van der Waals surface area contributed by atoms with E-state index >= 15 is 0 Å². The summed E-state index contributed by atoms with van der Waals surface area (Å²) in [6.45, 7) is 14.3. The fourth-order valence-corrected chi connectivity index (χ4v) is 1.87. The molecule has 0 aromatic rings. The number of nitrogens with two attached hydrogens (primary N) is 1. The number of hydrogen-bond acceptors (Lipinski definition) is 6. The zero-order valence-electron chi connectivity index (χ0n) is 16.6. The fourth-order valence-electron chi connectivity index (χ4n) is 1.87. The van der Waals surface area contributed by atoms with E-state index in [-0.39, 0.29) is 24.3 Å². The van der Waals surface area contributed by atoms with Crippen LogP contribution in [0.2, 0.25) is 0 Å². The summed E-state index contributed by atoms with van der Waals surface area (Å²) in [4.78, 5) is 25.3. The first-order valence-electron chi connectivity index (χ1n) is 8.75. The van der Waals surface area contributed by atoms with Crippen molar-refractivity contribution < 1.29 is 19.1 Å². The molecule has 0 radical (unpaired) electrons. The summed E-state index contributed by atoms with van der Waals surface area (Å²) in [7, 11) is 0. The second-order valence-corrected chi connectivity index (χ2v) is 8.01. The van der Waals surface area contributed by atoms with E-state index in [4.69, 9.17) is 15.2 Å². The smallest absolute Gasteiger partial charge is 0.407 e. The predicted octanol–water partition coefficient (Wildman–Crippen LogP) is 1.69. The number of carbonyl (C=O) groups is 2. The first-order valence-corrected chi connectivity index (χ1v) is 8.75. The minimum Gasteiger partial charge on any atom is -0.448 e. The largest absolute Gasteiger partial charge is 0.448 e. The molecule has 0 aliphatic heterocycles. The van der Waals surface area contributed by atoms with Gasteiger partial charge in [0.05, 0.1) is 0 Å². The Morgan fingerprint density at radius 1 is 0.840 bits per heavy atom. The Labute approximate surface area is 151 Å². The third-order valence-corrected chi connectivity index (χ3v) is 2.91. The molecule has 148 valence electrons. The Hall–Kier alpha value is -1.54. The van der Waals surface area contributed by atoms with Crippen molar-refractivity contribution >= 4 is 12.2 Å². The lowest BCUT2D eigenvalue weighted by Crippen LogP contribution is -2.43. The molecule has 8 heteroatoms. The summed E-state index contributed by atoms with van der Waals surface area (Å²) in [5.41, 5.74) is 4.89. The van der Waals surface area contributed by atoms with Crippen LogP contribution in [0, 0.1) is 0 Å². The molecule has 0 atom stereocenters. The van der Waals surface area contributed by atoms with Gasteiger partial charge in [0.25, 0.3) is 0 Å². The van der Waals surface area contributed by atoms with Gasteiger partial charge >= 0.3 is 12.2 Å². The van der Waals surface area contributed by atoms with Crippen LogP contribution >= 0.6 is 0 Å². The molecular formula is C17H36N4O4. The predicted molar refractivity (Wildman–Crippen MR) is 98.6 cm³/mol. The summed E-state index contributed by atoms with van der Waals surface area (Å²) in [5.74, 6) is 0. The molecule has 8 nitrogen and oxygen atoms in total. The molecule has 0 heterocycles. The number of hydrogen-bond donors (Lipinski definition) is 3. The highest BCUT2D eigenvalue weighted by Gasteiger charge is 2.16. The third-order valence-electron chi connectivity index (χ3n) is 2.91. The van der Waals surface area contributed by atoms with Gasteiger partial charge in [-0.25, -0.2) is 9.59 Å². The van der Waals surface area contributed by atoms with E-state index in [2.05, 4.69) is 15.5 Å². The van der Waals surface area contributed by atoms with Crippen LogP contribution in [0.5, 0.6) is 0 Å². The molecule has 0 spiro atoms. The normalized spacial score (nSPS) is 12.0. The molecule has 0 bridgehead atoms. The lowest BCUT2D eigenvalue weighted by atomic mass is 10.1. The van der Waals surface area contributed by atoms with Gasteiger partial charge in [0.1, 0.15) is 13.2 Å². The lowest BCUT2D eigenvalue weighted by Gasteiger charge is -2.24. The van der Waals surface area contributed by atoms with Crippen molar-refractivity contribution in [2.24, 2.45) is 5.73 Å². The van der Waals surface area contributed by atoms with Crippen LogP contribution in [0.15, 0.2) is 0 Å². The number of amides is 2. The van der Waals surface area contributed by atoms with Crippen LogP contribution in [0.1, 0.15) is 48.0 Å². The molecule has 0 rings (SSSR count). The van der Waals surface area contributed by atoms with Crippen molar-refractivity contribution in [1.82, 2.24) is 15.5 Å². The van der Waals surface area contributed by atoms with Gasteiger partial charge in [-0.1, -0.05) is 0 Å². The van der Waals surface area contributed by atoms with Crippen LogP contribution in [0.3, 0.4) is 0 Å². The molecule has 0 aliphatic rings. The summed E-state index contributed by atoms with van der Waals surface area (Å²) in [6.07, 6.45) is -0.0540. The van der Waals surface area contributed by atoms with E-state index in [1.165, 1.54) is 0 Å². The van der Waals surface area contributed by atoms with Crippen LogP contribution in [-0.2, 0) is 9.47 Å². The standard InChI is InChI=1S/C17H36N4O4/c1-16(2,3)19-14(22)24-12-10-21(9-7-8-18)11-13-25-15(23)20-17(4,5)6/h7-13,18H2,1-6H3,(H,19,22)(H,20,23). The van der Waals surface area contributed by atoms with Crippen molar-refractivity contribution in [2.75, 3.05) is 39.4 Å². The van der Waals surface area contributed by atoms with E-state index in [0.29, 0.717) is 19.6 Å². The van der Waals surface area contributed by atoms with Gasteiger partial charge in [-0.2, -0.15) is 0 Å². The number of rotatable bonds is 9. The van der Waals surface area contributed by atoms with E-state index in [1.54, 1.807) is 0 Å². The third kappa shape index (κ3) is 15.7. The maximum absolute atomic E-state index is 11.6. The maximum Gasteiger partial charge on any atom is 0.407 e. The van der Waals surface area contributed by atoms with E-state index in [0.717, 1.165) is 13.0 Å². The van der Waals surface area contributed by atoms with Crippen molar-refractivity contribution in [3.05, 3.63) is 0 Å². The summed E-state index contributed by atoms with van der Waals surface area (Å²) in [6, 6.07) is 0. The number of carbonyl (C=O) groups excluding carboxylic acids is 2. The molecule has 0 saturated heterocycles. The second kappa shape index (κ2) is 11.1. The highest BCUT2D eigenvalue weighted by Crippen LogP contribution is 2.01. The zero-order chi connectivity index (χ0) is 19.5. The Balaban J connectivity index is 4.15. The van der Waals surface area contributed by atoms with E-state index < -0.39 is 12.2 Å². The van der Waals surface area contributed by atoms with Gasteiger partial charge in [-0.05, 0) is 61.1 Å². The fraction of sp³-hybridized carbons (Fsp3) is 0.882.